The number of aliphatic imine (C=N–C) groups is 1. The third kappa shape index (κ3) is 8.56. The number of guanidine groups is 1. The Balaban J connectivity index is 0.00000484. The smallest absolute Gasteiger partial charge is 0.213 e. The van der Waals surface area contributed by atoms with Gasteiger partial charge in [0.2, 0.25) is 10.0 Å². The van der Waals surface area contributed by atoms with Gasteiger partial charge in [-0.2, -0.15) is 0 Å². The van der Waals surface area contributed by atoms with Crippen LogP contribution in [0.5, 0.6) is 0 Å². The van der Waals surface area contributed by atoms with E-state index < -0.39 is 10.0 Å². The van der Waals surface area contributed by atoms with Gasteiger partial charge in [-0.1, -0.05) is 0 Å². The summed E-state index contributed by atoms with van der Waals surface area (Å²) in [6.45, 7) is 6.00. The summed E-state index contributed by atoms with van der Waals surface area (Å²) in [6, 6.07) is 3.70. The van der Waals surface area contributed by atoms with Crippen LogP contribution in [-0.4, -0.2) is 51.1 Å². The van der Waals surface area contributed by atoms with E-state index in [1.165, 1.54) is 4.31 Å². The van der Waals surface area contributed by atoms with Crippen molar-refractivity contribution in [1.82, 2.24) is 14.9 Å². The van der Waals surface area contributed by atoms with Crippen LogP contribution < -0.4 is 10.6 Å². The molecule has 0 fully saturated rings. The maximum Gasteiger partial charge on any atom is 0.213 e. The Hall–Kier alpha value is -0.810. The van der Waals surface area contributed by atoms with E-state index in [2.05, 4.69) is 15.6 Å². The fourth-order valence-electron chi connectivity index (χ4n) is 1.77. The number of sulfonamides is 1. The molecule has 0 saturated heterocycles. The van der Waals surface area contributed by atoms with Crippen molar-refractivity contribution in [3.63, 3.8) is 0 Å². The minimum absolute atomic E-state index is 0. The van der Waals surface area contributed by atoms with E-state index in [1.54, 1.807) is 20.2 Å². The largest absolute Gasteiger partial charge is 0.467 e. The summed E-state index contributed by atoms with van der Waals surface area (Å²) in [6.07, 6.45) is 2.33. The molecule has 1 heterocycles. The van der Waals surface area contributed by atoms with Crippen molar-refractivity contribution in [2.24, 2.45) is 4.99 Å². The number of nitrogens with one attached hydrogen (secondary N) is 2. The molecule has 0 aromatic carbocycles. The molecule has 1 rings (SSSR count). The second-order valence-corrected chi connectivity index (χ2v) is 7.14. The van der Waals surface area contributed by atoms with Crippen molar-refractivity contribution >= 4 is 40.0 Å². The molecule has 0 aliphatic heterocycles. The third-order valence-corrected chi connectivity index (χ3v) is 4.96. The van der Waals surface area contributed by atoms with E-state index in [9.17, 15) is 8.42 Å². The van der Waals surface area contributed by atoms with Gasteiger partial charge >= 0.3 is 0 Å². The third-order valence-electron chi connectivity index (χ3n) is 3.10. The first kappa shape index (κ1) is 22.2. The maximum absolute atomic E-state index is 11.6. The molecule has 0 atom stereocenters. The van der Waals surface area contributed by atoms with Gasteiger partial charge in [0.25, 0.3) is 0 Å². The molecule has 2 N–H and O–H groups in total. The van der Waals surface area contributed by atoms with Gasteiger partial charge in [-0.25, -0.2) is 17.7 Å². The van der Waals surface area contributed by atoms with Gasteiger partial charge in [-0.05, 0) is 32.4 Å². The summed E-state index contributed by atoms with van der Waals surface area (Å²) in [4.78, 5) is 4.41. The van der Waals surface area contributed by atoms with Crippen molar-refractivity contribution in [1.29, 1.82) is 0 Å². The summed E-state index contributed by atoms with van der Waals surface area (Å²) in [5.41, 5.74) is 0. The van der Waals surface area contributed by atoms with E-state index in [-0.39, 0.29) is 29.7 Å². The maximum atomic E-state index is 11.6. The second kappa shape index (κ2) is 11.7. The molecule has 0 spiro atoms. The molecule has 0 unspecified atom stereocenters. The Morgan fingerprint density at radius 2 is 2.09 bits per heavy atom. The minimum atomic E-state index is -3.10. The molecular weight excluding hydrogens is 431 g/mol. The molecule has 1 aromatic heterocycles. The standard InChI is InChI=1S/C14H26N4O3S.HI/c1-4-15-14(17-12-13-8-6-11-21-13)16-9-7-10-18(3)22(19,20)5-2;/h6,8,11H,4-5,7,9-10,12H2,1-3H3,(H2,15,16,17);1H. The van der Waals surface area contributed by atoms with Crippen molar-refractivity contribution in [3.05, 3.63) is 24.2 Å². The van der Waals surface area contributed by atoms with Gasteiger partial charge in [0, 0.05) is 26.7 Å². The SMILES string of the molecule is CCNC(=NCc1ccco1)NCCCN(C)S(=O)(=O)CC.I. The van der Waals surface area contributed by atoms with E-state index in [0.29, 0.717) is 32.0 Å². The van der Waals surface area contributed by atoms with Gasteiger partial charge in [-0.3, -0.25) is 0 Å². The van der Waals surface area contributed by atoms with Gasteiger partial charge < -0.3 is 15.1 Å². The zero-order chi connectivity index (χ0) is 16.4. The monoisotopic (exact) mass is 458 g/mol. The predicted octanol–water partition coefficient (Wildman–Crippen LogP) is 1.62. The number of rotatable bonds is 9. The highest BCUT2D eigenvalue weighted by atomic mass is 127. The highest BCUT2D eigenvalue weighted by molar-refractivity contribution is 14.0. The van der Waals surface area contributed by atoms with Crippen molar-refractivity contribution in [2.45, 2.75) is 26.8 Å². The highest BCUT2D eigenvalue weighted by Crippen LogP contribution is 2.01. The minimum Gasteiger partial charge on any atom is -0.467 e. The predicted molar refractivity (Wildman–Crippen MR) is 104 cm³/mol. The van der Waals surface area contributed by atoms with Gasteiger partial charge in [0.1, 0.15) is 12.3 Å². The lowest BCUT2D eigenvalue weighted by Crippen LogP contribution is -2.39. The molecule has 1 aromatic rings. The molecule has 0 aliphatic rings. The second-order valence-electron chi connectivity index (χ2n) is 4.78. The Bertz CT molecular complexity index is 546. The zero-order valence-electron chi connectivity index (χ0n) is 13.9. The number of hydrogen-bond donors (Lipinski definition) is 2. The van der Waals surface area contributed by atoms with E-state index in [4.69, 9.17) is 4.42 Å². The zero-order valence-corrected chi connectivity index (χ0v) is 17.1. The molecule has 0 saturated carbocycles. The fraction of sp³-hybridized carbons (Fsp3) is 0.643. The fourth-order valence-corrected chi connectivity index (χ4v) is 2.62. The number of halogens is 1. The van der Waals surface area contributed by atoms with Crippen LogP contribution in [0, 0.1) is 0 Å². The molecule has 9 heteroatoms. The Morgan fingerprint density at radius 1 is 1.35 bits per heavy atom. The first-order chi connectivity index (χ1) is 10.5. The highest BCUT2D eigenvalue weighted by Gasteiger charge is 2.13. The van der Waals surface area contributed by atoms with Crippen LogP contribution in [0.25, 0.3) is 0 Å². The van der Waals surface area contributed by atoms with Crippen LogP contribution in [-0.2, 0) is 16.6 Å². The summed E-state index contributed by atoms with van der Waals surface area (Å²) in [5.74, 6) is 1.62. The first-order valence-electron chi connectivity index (χ1n) is 7.48. The van der Waals surface area contributed by atoms with E-state index >= 15 is 0 Å². The van der Waals surface area contributed by atoms with Gasteiger partial charge in [-0.15, -0.1) is 24.0 Å². The van der Waals surface area contributed by atoms with Crippen LogP contribution >= 0.6 is 24.0 Å². The van der Waals surface area contributed by atoms with Crippen molar-refractivity contribution < 1.29 is 12.8 Å². The van der Waals surface area contributed by atoms with E-state index in [0.717, 1.165) is 12.3 Å². The molecule has 0 bridgehead atoms. The van der Waals surface area contributed by atoms with E-state index in [1.807, 2.05) is 19.1 Å². The van der Waals surface area contributed by atoms with Crippen LogP contribution in [0.4, 0.5) is 0 Å². The summed E-state index contributed by atoms with van der Waals surface area (Å²) < 4.78 is 29.9. The lowest BCUT2D eigenvalue weighted by atomic mass is 10.4. The summed E-state index contributed by atoms with van der Waals surface area (Å²) in [5, 5.41) is 6.32. The molecule has 0 aliphatic carbocycles. The number of furan rings is 1. The Morgan fingerprint density at radius 3 is 2.65 bits per heavy atom. The summed E-state index contributed by atoms with van der Waals surface area (Å²) in [7, 11) is -1.50. The molecular formula is C14H27IN4O3S. The molecule has 7 nitrogen and oxygen atoms in total. The lowest BCUT2D eigenvalue weighted by Gasteiger charge is -2.16. The number of hydrogen-bond acceptors (Lipinski definition) is 4. The Kier molecular flexibility index (Phi) is 11.3. The Labute approximate surface area is 156 Å². The van der Waals surface area contributed by atoms with Gasteiger partial charge in [0.05, 0.1) is 12.0 Å². The van der Waals surface area contributed by atoms with Crippen LogP contribution in [0.1, 0.15) is 26.0 Å². The van der Waals surface area contributed by atoms with Crippen LogP contribution in [0.15, 0.2) is 27.8 Å². The first-order valence-corrected chi connectivity index (χ1v) is 9.09. The molecule has 0 amide bonds. The number of nitrogens with zero attached hydrogens (tertiary/aromatic N) is 2. The lowest BCUT2D eigenvalue weighted by molar-refractivity contribution is 0.461. The molecule has 23 heavy (non-hydrogen) atoms. The van der Waals surface area contributed by atoms with Crippen molar-refractivity contribution in [2.75, 3.05) is 32.4 Å². The molecule has 134 valence electrons. The van der Waals surface area contributed by atoms with Crippen LogP contribution in [0.2, 0.25) is 0 Å². The average Bonchev–Trinajstić information content (AvgIpc) is 3.02. The quantitative estimate of drug-likeness (QED) is 0.254. The van der Waals surface area contributed by atoms with Gasteiger partial charge in [0.15, 0.2) is 5.96 Å². The topological polar surface area (TPSA) is 86.9 Å². The van der Waals surface area contributed by atoms with Crippen LogP contribution in [0.3, 0.4) is 0 Å². The molecule has 0 radical (unpaired) electrons. The normalized spacial score (nSPS) is 12.1. The average molecular weight is 458 g/mol. The summed E-state index contributed by atoms with van der Waals surface area (Å²) >= 11 is 0. The van der Waals surface area contributed by atoms with Crippen molar-refractivity contribution in [3.8, 4) is 0 Å².